The molecule has 0 radical (unpaired) electrons. The maximum atomic E-state index is 11.0. The third kappa shape index (κ3) is 4.17. The Labute approximate surface area is 194 Å². The minimum Gasteiger partial charge on any atom is -0.382 e. The number of fused-ring (bicyclic) bond motifs is 2. The van der Waals surface area contributed by atoms with Gasteiger partial charge >= 0.3 is 0 Å². The number of anilines is 1. The van der Waals surface area contributed by atoms with E-state index in [1.54, 1.807) is 11.8 Å². The number of nitrogens with two attached hydrogens (primary N) is 1. The van der Waals surface area contributed by atoms with Crippen molar-refractivity contribution in [3.8, 4) is 0 Å². The highest BCUT2D eigenvalue weighted by Crippen LogP contribution is 2.39. The van der Waals surface area contributed by atoms with Gasteiger partial charge in [0.05, 0.1) is 0 Å². The third-order valence-electron chi connectivity index (χ3n) is 6.43. The maximum Gasteiger partial charge on any atom is 0.209 e. The van der Waals surface area contributed by atoms with Crippen molar-refractivity contribution in [1.82, 2.24) is 24.4 Å². The fourth-order valence-electron chi connectivity index (χ4n) is 4.62. The lowest BCUT2D eigenvalue weighted by Gasteiger charge is -2.29. The van der Waals surface area contributed by atoms with Crippen molar-refractivity contribution in [3.63, 3.8) is 0 Å². The number of amides is 1. The van der Waals surface area contributed by atoms with E-state index in [-0.39, 0.29) is 0 Å². The van der Waals surface area contributed by atoms with Crippen LogP contribution in [0.2, 0.25) is 0 Å². The van der Waals surface area contributed by atoms with Crippen molar-refractivity contribution in [2.24, 2.45) is 5.92 Å². The predicted octanol–water partition coefficient (Wildman–Crippen LogP) is 4.07. The minimum atomic E-state index is 0.415. The van der Waals surface area contributed by atoms with Crippen LogP contribution in [0.3, 0.4) is 0 Å². The Bertz CT molecular complexity index is 1120. The lowest BCUT2D eigenvalue weighted by atomic mass is 9.94. The molecule has 0 unspecified atom stereocenters. The summed E-state index contributed by atoms with van der Waals surface area (Å²) in [7, 11) is 0. The van der Waals surface area contributed by atoms with Crippen molar-refractivity contribution < 1.29 is 4.79 Å². The van der Waals surface area contributed by atoms with E-state index >= 15 is 0 Å². The molecule has 1 fully saturated rings. The first-order chi connectivity index (χ1) is 15.1. The number of carbonyl (C=O) groups excluding carboxylic acids is 1. The van der Waals surface area contributed by atoms with E-state index in [2.05, 4.69) is 42.6 Å². The van der Waals surface area contributed by atoms with E-state index in [9.17, 15) is 4.79 Å². The summed E-state index contributed by atoms with van der Waals surface area (Å²) in [5.41, 5.74) is 10.5. The topological polar surface area (TPSA) is 89.9 Å². The van der Waals surface area contributed by atoms with Crippen LogP contribution in [-0.4, -0.2) is 43.9 Å². The molecule has 1 amide bonds. The number of piperidine rings is 1. The van der Waals surface area contributed by atoms with Gasteiger partial charge in [-0.05, 0) is 83.6 Å². The SMILES string of the molecule is Nc1ncnc2c1nc(Sc1cc3c(cc1Br)CCC3)n2CCC1CCN(C=O)CC1. The van der Waals surface area contributed by atoms with Gasteiger partial charge in [0.1, 0.15) is 6.33 Å². The summed E-state index contributed by atoms with van der Waals surface area (Å²) in [6.45, 7) is 2.51. The standard InChI is InChI=1S/C22H25BrN6OS/c23-17-10-15-2-1-3-16(15)11-18(17)31-22-27-19-20(24)25-12-26-21(19)29(22)9-6-14-4-7-28(13-30)8-5-14/h10-14H,1-9H2,(H2,24,25,26). The molecule has 5 rings (SSSR count). The zero-order chi connectivity index (χ0) is 21.4. The fourth-order valence-corrected chi connectivity index (χ4v) is 6.23. The second kappa shape index (κ2) is 8.78. The summed E-state index contributed by atoms with van der Waals surface area (Å²) < 4.78 is 3.29. The number of aryl methyl sites for hydroxylation is 3. The number of hydrogen-bond donors (Lipinski definition) is 1. The Morgan fingerprint density at radius 2 is 1.97 bits per heavy atom. The number of halogens is 1. The van der Waals surface area contributed by atoms with Gasteiger partial charge in [-0.1, -0.05) is 11.8 Å². The average Bonchev–Trinajstić information content (AvgIpc) is 3.37. The van der Waals surface area contributed by atoms with Crippen LogP contribution in [0.4, 0.5) is 5.82 Å². The quantitative estimate of drug-likeness (QED) is 0.513. The zero-order valence-electron chi connectivity index (χ0n) is 17.3. The van der Waals surface area contributed by atoms with E-state index in [0.29, 0.717) is 17.3 Å². The summed E-state index contributed by atoms with van der Waals surface area (Å²) in [6, 6.07) is 4.55. The molecule has 2 N–H and O–H groups in total. The normalized spacial score (nSPS) is 16.7. The Morgan fingerprint density at radius 1 is 1.19 bits per heavy atom. The molecule has 2 aromatic heterocycles. The van der Waals surface area contributed by atoms with Gasteiger partial charge < -0.3 is 15.2 Å². The Morgan fingerprint density at radius 3 is 2.74 bits per heavy atom. The van der Waals surface area contributed by atoms with Gasteiger partial charge in [0.25, 0.3) is 0 Å². The van der Waals surface area contributed by atoms with Crippen LogP contribution < -0.4 is 5.73 Å². The van der Waals surface area contributed by atoms with Gasteiger partial charge in [0.15, 0.2) is 22.1 Å². The lowest BCUT2D eigenvalue weighted by Crippen LogP contribution is -2.32. The molecule has 0 atom stereocenters. The van der Waals surface area contributed by atoms with Gasteiger partial charge in [-0.2, -0.15) is 0 Å². The summed E-state index contributed by atoms with van der Waals surface area (Å²) >= 11 is 5.42. The van der Waals surface area contributed by atoms with E-state index in [0.717, 1.165) is 73.4 Å². The Kier molecular flexibility index (Phi) is 5.88. The van der Waals surface area contributed by atoms with E-state index in [1.807, 2.05) is 4.90 Å². The van der Waals surface area contributed by atoms with Crippen molar-refractivity contribution in [2.45, 2.75) is 55.1 Å². The molecule has 162 valence electrons. The molecule has 0 bridgehead atoms. The summed E-state index contributed by atoms with van der Waals surface area (Å²) in [4.78, 5) is 27.5. The number of nitrogen functional groups attached to an aromatic ring is 1. The Hall–Kier alpha value is -2.13. The van der Waals surface area contributed by atoms with E-state index in [4.69, 9.17) is 10.7 Å². The molecule has 2 aliphatic rings. The second-order valence-corrected chi connectivity index (χ2v) is 10.2. The number of nitrogens with zero attached hydrogens (tertiary/aromatic N) is 5. The van der Waals surface area contributed by atoms with Gasteiger partial charge in [0, 0.05) is 29.0 Å². The average molecular weight is 501 g/mol. The zero-order valence-corrected chi connectivity index (χ0v) is 19.7. The molecule has 9 heteroatoms. The molecule has 7 nitrogen and oxygen atoms in total. The van der Waals surface area contributed by atoms with Crippen LogP contribution in [-0.2, 0) is 24.2 Å². The molecular weight excluding hydrogens is 476 g/mol. The number of aromatic nitrogens is 4. The molecular formula is C22H25BrN6OS. The van der Waals surface area contributed by atoms with Crippen LogP contribution >= 0.6 is 27.7 Å². The van der Waals surface area contributed by atoms with Gasteiger partial charge in [0.2, 0.25) is 6.41 Å². The molecule has 1 saturated heterocycles. The van der Waals surface area contributed by atoms with Crippen LogP contribution in [0, 0.1) is 5.92 Å². The molecule has 3 heterocycles. The smallest absolute Gasteiger partial charge is 0.209 e. The largest absolute Gasteiger partial charge is 0.382 e. The van der Waals surface area contributed by atoms with Gasteiger partial charge in [-0.3, -0.25) is 4.79 Å². The second-order valence-electron chi connectivity index (χ2n) is 8.36. The molecule has 0 saturated carbocycles. The number of benzene rings is 1. The molecule has 0 spiro atoms. The number of imidazole rings is 1. The first-order valence-electron chi connectivity index (χ1n) is 10.8. The third-order valence-corrected chi connectivity index (χ3v) is 8.40. The van der Waals surface area contributed by atoms with Crippen molar-refractivity contribution in [1.29, 1.82) is 0 Å². The minimum absolute atomic E-state index is 0.415. The van der Waals surface area contributed by atoms with Crippen molar-refractivity contribution >= 4 is 51.1 Å². The molecule has 1 aromatic carbocycles. The predicted molar refractivity (Wildman–Crippen MR) is 125 cm³/mol. The van der Waals surface area contributed by atoms with Crippen molar-refractivity contribution in [3.05, 3.63) is 34.1 Å². The van der Waals surface area contributed by atoms with Gasteiger partial charge in [-0.15, -0.1) is 0 Å². The molecule has 1 aliphatic heterocycles. The van der Waals surface area contributed by atoms with Crippen LogP contribution in [0.5, 0.6) is 0 Å². The van der Waals surface area contributed by atoms with Gasteiger partial charge in [-0.25, -0.2) is 15.0 Å². The van der Waals surface area contributed by atoms with Crippen LogP contribution in [0.1, 0.15) is 36.8 Å². The summed E-state index contributed by atoms with van der Waals surface area (Å²) in [6.07, 6.45) is 9.12. The highest BCUT2D eigenvalue weighted by molar-refractivity contribution is 9.10. The summed E-state index contributed by atoms with van der Waals surface area (Å²) in [5, 5.41) is 0.895. The number of likely N-dealkylation sites (tertiary alicyclic amines) is 1. The highest BCUT2D eigenvalue weighted by atomic mass is 79.9. The van der Waals surface area contributed by atoms with Crippen LogP contribution in [0.15, 0.2) is 33.0 Å². The highest BCUT2D eigenvalue weighted by Gasteiger charge is 2.22. The summed E-state index contributed by atoms with van der Waals surface area (Å²) in [5.74, 6) is 1.01. The number of carbonyl (C=O) groups is 1. The monoisotopic (exact) mass is 500 g/mol. The molecule has 31 heavy (non-hydrogen) atoms. The molecule has 3 aromatic rings. The van der Waals surface area contributed by atoms with E-state index < -0.39 is 0 Å². The Balaban J connectivity index is 1.43. The first-order valence-corrected chi connectivity index (χ1v) is 12.4. The number of hydrogen-bond acceptors (Lipinski definition) is 6. The number of rotatable bonds is 6. The molecule has 1 aliphatic carbocycles. The van der Waals surface area contributed by atoms with E-state index in [1.165, 1.54) is 28.8 Å². The maximum absolute atomic E-state index is 11.0. The first kappa shape index (κ1) is 20.8. The van der Waals surface area contributed by atoms with Crippen LogP contribution in [0.25, 0.3) is 11.2 Å². The lowest BCUT2D eigenvalue weighted by molar-refractivity contribution is -0.119. The fraction of sp³-hybridized carbons (Fsp3) is 0.455. The van der Waals surface area contributed by atoms with Crippen molar-refractivity contribution in [2.75, 3.05) is 18.8 Å².